The number of aliphatic hydroxyl groups excluding tert-OH is 2. The Morgan fingerprint density at radius 1 is 1.46 bits per heavy atom. The number of aliphatic hydroxyl groups is 2. The molecule has 0 spiro atoms. The van der Waals surface area contributed by atoms with E-state index in [2.05, 4.69) is 19.8 Å². The molecule has 0 amide bonds. The van der Waals surface area contributed by atoms with Crippen molar-refractivity contribution in [1.29, 1.82) is 0 Å². The maximum atomic E-state index is 11.2. The zero-order chi connectivity index (χ0) is 20.5. The predicted molar refractivity (Wildman–Crippen MR) is 97.4 cm³/mol. The van der Waals surface area contributed by atoms with Crippen molar-refractivity contribution >= 4 is 23.8 Å². The van der Waals surface area contributed by atoms with Crippen molar-refractivity contribution in [2.75, 3.05) is 27.8 Å². The van der Waals surface area contributed by atoms with Crippen LogP contribution >= 0.6 is 0 Å². The topological polar surface area (TPSA) is 131 Å². The highest BCUT2D eigenvalue weighted by Gasteiger charge is 2.53. The highest BCUT2D eigenvalue weighted by molar-refractivity contribution is 5.70. The van der Waals surface area contributed by atoms with Crippen LogP contribution in [-0.2, 0) is 14.2 Å². The van der Waals surface area contributed by atoms with Crippen LogP contribution in [0.3, 0.4) is 0 Å². The first-order valence-electron chi connectivity index (χ1n) is 8.55. The van der Waals surface area contributed by atoms with Crippen LogP contribution in [0.1, 0.15) is 18.7 Å². The number of ether oxygens (including phenoxy) is 3. The number of aromatic nitrogens is 3. The predicted octanol–water partition coefficient (Wildman–Crippen LogP) is 0.285. The molecule has 3 rings (SSSR count). The first kappa shape index (κ1) is 20.0. The van der Waals surface area contributed by atoms with Crippen molar-refractivity contribution < 1.29 is 29.2 Å². The smallest absolute Gasteiger partial charge is 0.438 e. The molecule has 1 aliphatic heterocycles. The van der Waals surface area contributed by atoms with Gasteiger partial charge in [0.05, 0.1) is 19.1 Å². The summed E-state index contributed by atoms with van der Waals surface area (Å²) in [5.41, 5.74) is -0.200. The van der Waals surface area contributed by atoms with Gasteiger partial charge in [-0.3, -0.25) is 0 Å². The van der Waals surface area contributed by atoms with E-state index < -0.39 is 30.1 Å². The van der Waals surface area contributed by atoms with Gasteiger partial charge in [-0.1, -0.05) is 0 Å². The van der Waals surface area contributed by atoms with Crippen LogP contribution in [0.2, 0.25) is 0 Å². The molecule has 28 heavy (non-hydrogen) atoms. The van der Waals surface area contributed by atoms with Crippen molar-refractivity contribution in [3.8, 4) is 0 Å². The van der Waals surface area contributed by atoms with Gasteiger partial charge in [-0.2, -0.15) is 5.10 Å². The fourth-order valence-electron chi connectivity index (χ4n) is 3.00. The molecule has 1 saturated heterocycles. The fourth-order valence-corrected chi connectivity index (χ4v) is 3.00. The number of carbonyl (C=O) groups is 1. The van der Waals surface area contributed by atoms with E-state index in [0.717, 1.165) is 0 Å². The van der Waals surface area contributed by atoms with Gasteiger partial charge >= 0.3 is 6.16 Å². The third-order valence-corrected chi connectivity index (χ3v) is 4.46. The first-order valence-corrected chi connectivity index (χ1v) is 8.55. The van der Waals surface area contributed by atoms with Crippen LogP contribution in [0.15, 0.2) is 23.5 Å². The number of carbonyl (C=O) groups excluding carboxylic acids is 1. The summed E-state index contributed by atoms with van der Waals surface area (Å²) in [7, 11) is 4.86. The molecule has 2 N–H and O–H groups in total. The Bertz CT molecular complexity index is 884. The molecule has 2 aromatic heterocycles. The van der Waals surface area contributed by atoms with Crippen LogP contribution in [0.25, 0.3) is 5.52 Å². The molecule has 1 fully saturated rings. The van der Waals surface area contributed by atoms with Crippen molar-refractivity contribution in [1.82, 2.24) is 19.5 Å². The summed E-state index contributed by atoms with van der Waals surface area (Å²) in [5, 5.41) is 25.2. The fraction of sp³-hybridized carbons (Fsp3) is 0.529. The average Bonchev–Trinajstić information content (AvgIpc) is 3.20. The van der Waals surface area contributed by atoms with Gasteiger partial charge in [0.25, 0.3) is 0 Å². The van der Waals surface area contributed by atoms with E-state index in [0.29, 0.717) is 17.0 Å². The second-order valence-corrected chi connectivity index (χ2v) is 6.88. The molecular formula is C17H23N5O6. The average molecular weight is 393 g/mol. The minimum Gasteiger partial charge on any atom is -0.438 e. The van der Waals surface area contributed by atoms with E-state index in [4.69, 9.17) is 9.47 Å². The third kappa shape index (κ3) is 3.63. The maximum absolute atomic E-state index is 11.2. The molecule has 0 aromatic carbocycles. The van der Waals surface area contributed by atoms with Gasteiger partial charge in [0, 0.05) is 14.1 Å². The third-order valence-electron chi connectivity index (χ3n) is 4.46. The van der Waals surface area contributed by atoms with E-state index >= 15 is 0 Å². The minimum absolute atomic E-state index is 0.287. The van der Waals surface area contributed by atoms with Gasteiger partial charge in [0.2, 0.25) is 0 Å². The molecule has 4 atom stereocenters. The molecule has 152 valence electrons. The lowest BCUT2D eigenvalue weighted by molar-refractivity contribution is -0.108. The highest BCUT2D eigenvalue weighted by Crippen LogP contribution is 2.41. The molecule has 0 unspecified atom stereocenters. The van der Waals surface area contributed by atoms with Gasteiger partial charge in [0.1, 0.15) is 42.4 Å². The summed E-state index contributed by atoms with van der Waals surface area (Å²) in [4.78, 5) is 21.5. The maximum Gasteiger partial charge on any atom is 0.508 e. The lowest BCUT2D eigenvalue weighted by atomic mass is 9.97. The summed E-state index contributed by atoms with van der Waals surface area (Å²) in [6.07, 6.45) is -1.39. The highest BCUT2D eigenvalue weighted by atomic mass is 16.7. The van der Waals surface area contributed by atoms with Crippen molar-refractivity contribution in [2.45, 2.75) is 30.8 Å². The van der Waals surface area contributed by atoms with Crippen molar-refractivity contribution in [3.63, 3.8) is 0 Å². The van der Waals surface area contributed by atoms with Crippen LogP contribution in [0.5, 0.6) is 0 Å². The number of nitrogens with zero attached hydrogens (tertiary/aromatic N) is 5. The zero-order valence-electron chi connectivity index (χ0n) is 16.0. The number of hydrogen-bond donors (Lipinski definition) is 2. The number of aliphatic imine (C=N–C) groups is 1. The molecule has 2 aromatic rings. The zero-order valence-corrected chi connectivity index (χ0v) is 16.0. The largest absolute Gasteiger partial charge is 0.508 e. The van der Waals surface area contributed by atoms with Crippen LogP contribution in [0.4, 0.5) is 10.6 Å². The second kappa shape index (κ2) is 7.70. The van der Waals surface area contributed by atoms with E-state index in [1.807, 2.05) is 14.1 Å². The molecule has 1 aliphatic rings. The van der Waals surface area contributed by atoms with Crippen LogP contribution in [0, 0.1) is 0 Å². The van der Waals surface area contributed by atoms with Gasteiger partial charge in [-0.15, -0.1) is 0 Å². The Kier molecular flexibility index (Phi) is 5.49. The minimum atomic E-state index is -1.32. The molecule has 0 aliphatic carbocycles. The summed E-state index contributed by atoms with van der Waals surface area (Å²) >= 11 is 0. The number of rotatable bonds is 5. The number of methoxy groups -OCH3 is 1. The van der Waals surface area contributed by atoms with E-state index in [1.165, 1.54) is 13.4 Å². The number of fused-ring (bicyclic) bond motifs is 1. The lowest BCUT2D eigenvalue weighted by Crippen LogP contribution is -2.44. The summed E-state index contributed by atoms with van der Waals surface area (Å²) in [6.45, 7) is 1.26. The standard InChI is InChI=1S/C17H23N5O6/c1-17(7-27-16(25)26-4)14(24)12(23)13(28-17)10-5-6-11-15(19-9-21(2)3)18-8-20-22(10)11/h5-6,8-9,12-14,23-24H,7H2,1-4H3/b19-9-/t12-,13-,14-,17+/m0/s1. The lowest BCUT2D eigenvalue weighted by Gasteiger charge is -2.26. The van der Waals surface area contributed by atoms with Crippen molar-refractivity contribution in [3.05, 3.63) is 24.2 Å². The number of hydrogen-bond acceptors (Lipinski definition) is 9. The molecule has 3 heterocycles. The Balaban J connectivity index is 1.90. The second-order valence-electron chi connectivity index (χ2n) is 6.88. The summed E-state index contributed by atoms with van der Waals surface area (Å²) in [6, 6.07) is 3.47. The van der Waals surface area contributed by atoms with E-state index in [-0.39, 0.29) is 6.61 Å². The Morgan fingerprint density at radius 3 is 2.89 bits per heavy atom. The Hall–Kier alpha value is -2.76. The van der Waals surface area contributed by atoms with Gasteiger partial charge in [-0.05, 0) is 19.1 Å². The monoisotopic (exact) mass is 393 g/mol. The SMILES string of the molecule is COC(=O)OC[C@@]1(C)O[C@@H](c2ccc3c(/N=C\N(C)C)ncnn23)[C@H](O)[C@@H]1O. The van der Waals surface area contributed by atoms with E-state index in [1.54, 1.807) is 34.8 Å². The van der Waals surface area contributed by atoms with Crippen LogP contribution < -0.4 is 0 Å². The molecule has 0 radical (unpaired) electrons. The molecule has 11 nitrogen and oxygen atoms in total. The van der Waals surface area contributed by atoms with Crippen LogP contribution in [-0.4, -0.2) is 87.8 Å². The first-order chi connectivity index (χ1) is 13.3. The van der Waals surface area contributed by atoms with E-state index in [9.17, 15) is 15.0 Å². The normalized spacial score (nSPS) is 27.4. The Morgan fingerprint density at radius 2 is 2.21 bits per heavy atom. The van der Waals surface area contributed by atoms with Gasteiger partial charge in [0.15, 0.2) is 5.82 Å². The summed E-state index contributed by atoms with van der Waals surface area (Å²) < 4.78 is 16.8. The van der Waals surface area contributed by atoms with Gasteiger partial charge in [-0.25, -0.2) is 19.3 Å². The quantitative estimate of drug-likeness (QED) is 0.418. The molecule has 11 heteroatoms. The van der Waals surface area contributed by atoms with Crippen molar-refractivity contribution in [2.24, 2.45) is 4.99 Å². The molecule has 0 bridgehead atoms. The molecule has 0 saturated carbocycles. The Labute approximate surface area is 161 Å². The molecular weight excluding hydrogens is 370 g/mol. The summed E-state index contributed by atoms with van der Waals surface area (Å²) in [5.74, 6) is 0.444. The van der Waals surface area contributed by atoms with Gasteiger partial charge < -0.3 is 29.3 Å².